The Kier molecular flexibility index (Phi) is 3.80. The summed E-state index contributed by atoms with van der Waals surface area (Å²) in [5, 5.41) is 10.1. The highest BCUT2D eigenvalue weighted by molar-refractivity contribution is 5.78. The Morgan fingerprint density at radius 2 is 2.05 bits per heavy atom. The summed E-state index contributed by atoms with van der Waals surface area (Å²) in [7, 11) is 0. The summed E-state index contributed by atoms with van der Waals surface area (Å²) in [4.78, 5) is 13.7. The monoisotopic (exact) mass is 262 g/mol. The molecular weight excluding hydrogens is 240 g/mol. The summed E-state index contributed by atoms with van der Waals surface area (Å²) in [5.41, 5.74) is 6.90. The number of anilines is 1. The molecule has 1 heterocycles. The van der Waals surface area contributed by atoms with Crippen LogP contribution >= 0.6 is 0 Å². The van der Waals surface area contributed by atoms with Crippen molar-refractivity contribution in [2.24, 2.45) is 5.92 Å². The standard InChI is InChI=1S/C15H22N2O2/c1-11(2)15(19)9-17(10-15)14(18)8-7-12-5-3-4-6-13(12)16/h3-6,11,19H,7-10,16H2,1-2H3. The molecular formula is C15H22N2O2. The van der Waals surface area contributed by atoms with Crippen LogP contribution < -0.4 is 5.73 Å². The first kappa shape index (κ1) is 13.9. The summed E-state index contributed by atoms with van der Waals surface area (Å²) < 4.78 is 0. The number of rotatable bonds is 4. The molecule has 1 aliphatic heterocycles. The van der Waals surface area contributed by atoms with Gasteiger partial charge in [-0.15, -0.1) is 0 Å². The van der Waals surface area contributed by atoms with Crippen LogP contribution in [0, 0.1) is 5.92 Å². The molecule has 1 amide bonds. The van der Waals surface area contributed by atoms with Crippen molar-refractivity contribution in [3.63, 3.8) is 0 Å². The topological polar surface area (TPSA) is 66.6 Å². The molecule has 0 aliphatic carbocycles. The van der Waals surface area contributed by atoms with Gasteiger partial charge in [-0.1, -0.05) is 32.0 Å². The minimum Gasteiger partial charge on any atom is -0.399 e. The van der Waals surface area contributed by atoms with E-state index in [0.717, 1.165) is 11.3 Å². The molecule has 1 aliphatic rings. The zero-order valence-corrected chi connectivity index (χ0v) is 11.6. The van der Waals surface area contributed by atoms with Crippen molar-refractivity contribution in [1.82, 2.24) is 4.90 Å². The van der Waals surface area contributed by atoms with Gasteiger partial charge in [-0.3, -0.25) is 4.79 Å². The smallest absolute Gasteiger partial charge is 0.223 e. The maximum absolute atomic E-state index is 12.0. The predicted octanol–water partition coefficient (Wildman–Crippen LogP) is 1.43. The molecule has 3 N–H and O–H groups in total. The molecule has 4 heteroatoms. The molecule has 0 saturated carbocycles. The van der Waals surface area contributed by atoms with Crippen LogP contribution in [-0.4, -0.2) is 34.6 Å². The summed E-state index contributed by atoms with van der Waals surface area (Å²) in [5.74, 6) is 0.273. The Bertz CT molecular complexity index is 465. The zero-order chi connectivity index (χ0) is 14.0. The number of carbonyl (C=O) groups excluding carboxylic acids is 1. The van der Waals surface area contributed by atoms with E-state index >= 15 is 0 Å². The Hall–Kier alpha value is -1.55. The van der Waals surface area contributed by atoms with Crippen LogP contribution in [0.5, 0.6) is 0 Å². The normalized spacial score (nSPS) is 17.4. The van der Waals surface area contributed by atoms with Gasteiger partial charge >= 0.3 is 0 Å². The van der Waals surface area contributed by atoms with Crippen LogP contribution in [0.4, 0.5) is 5.69 Å². The van der Waals surface area contributed by atoms with E-state index in [1.165, 1.54) is 0 Å². The highest BCUT2D eigenvalue weighted by atomic mass is 16.3. The van der Waals surface area contributed by atoms with Crippen molar-refractivity contribution in [3.8, 4) is 0 Å². The quantitative estimate of drug-likeness (QED) is 0.807. The van der Waals surface area contributed by atoms with Crippen LogP contribution in [0.1, 0.15) is 25.8 Å². The first-order valence-corrected chi connectivity index (χ1v) is 6.76. The Balaban J connectivity index is 1.83. The molecule has 4 nitrogen and oxygen atoms in total. The number of para-hydroxylation sites is 1. The molecule has 19 heavy (non-hydrogen) atoms. The maximum Gasteiger partial charge on any atom is 0.223 e. The van der Waals surface area contributed by atoms with Gasteiger partial charge in [-0.2, -0.15) is 0 Å². The molecule has 104 valence electrons. The van der Waals surface area contributed by atoms with Crippen LogP contribution in [-0.2, 0) is 11.2 Å². The van der Waals surface area contributed by atoms with Crippen molar-refractivity contribution < 1.29 is 9.90 Å². The Labute approximate surface area is 114 Å². The molecule has 0 spiro atoms. The van der Waals surface area contributed by atoms with Crippen LogP contribution in [0.25, 0.3) is 0 Å². The number of aryl methyl sites for hydroxylation is 1. The fourth-order valence-electron chi connectivity index (χ4n) is 2.32. The lowest BCUT2D eigenvalue weighted by molar-refractivity contribution is -0.163. The van der Waals surface area contributed by atoms with Gasteiger partial charge in [0.25, 0.3) is 0 Å². The fraction of sp³-hybridized carbons (Fsp3) is 0.533. The lowest BCUT2D eigenvalue weighted by Crippen LogP contribution is -2.66. The molecule has 1 fully saturated rings. The van der Waals surface area contributed by atoms with Crippen molar-refractivity contribution in [3.05, 3.63) is 29.8 Å². The highest BCUT2D eigenvalue weighted by Gasteiger charge is 2.45. The lowest BCUT2D eigenvalue weighted by Gasteiger charge is -2.49. The average Bonchev–Trinajstić information content (AvgIpc) is 2.33. The number of amides is 1. The summed E-state index contributed by atoms with van der Waals surface area (Å²) in [6.07, 6.45) is 1.10. The van der Waals surface area contributed by atoms with Crippen LogP contribution in [0.3, 0.4) is 0 Å². The minimum absolute atomic E-state index is 0.0913. The van der Waals surface area contributed by atoms with Gasteiger partial charge in [0, 0.05) is 12.1 Å². The Morgan fingerprint density at radius 1 is 1.42 bits per heavy atom. The summed E-state index contributed by atoms with van der Waals surface area (Å²) >= 11 is 0. The van der Waals surface area contributed by atoms with Gasteiger partial charge in [-0.25, -0.2) is 0 Å². The van der Waals surface area contributed by atoms with E-state index in [2.05, 4.69) is 0 Å². The third-order valence-corrected chi connectivity index (χ3v) is 4.02. The first-order chi connectivity index (χ1) is 8.92. The number of nitrogen functional groups attached to an aromatic ring is 1. The molecule has 1 aromatic carbocycles. The number of β-amino-alcohol motifs (C(OH)–C–C–N with tert-alkyl or cyclic N) is 1. The molecule has 0 radical (unpaired) electrons. The summed E-state index contributed by atoms with van der Waals surface area (Å²) in [6.45, 7) is 4.86. The number of carbonyl (C=O) groups is 1. The van der Waals surface area contributed by atoms with Crippen molar-refractivity contribution in [1.29, 1.82) is 0 Å². The molecule has 0 unspecified atom stereocenters. The van der Waals surface area contributed by atoms with Gasteiger partial charge in [0.15, 0.2) is 0 Å². The third-order valence-electron chi connectivity index (χ3n) is 4.02. The van der Waals surface area contributed by atoms with E-state index < -0.39 is 5.60 Å². The Morgan fingerprint density at radius 3 is 2.63 bits per heavy atom. The molecule has 0 bridgehead atoms. The number of benzene rings is 1. The zero-order valence-electron chi connectivity index (χ0n) is 11.6. The predicted molar refractivity (Wildman–Crippen MR) is 75.5 cm³/mol. The van der Waals surface area contributed by atoms with Gasteiger partial charge in [0.2, 0.25) is 5.91 Å². The average molecular weight is 262 g/mol. The maximum atomic E-state index is 12.0. The van der Waals surface area contributed by atoms with E-state index in [9.17, 15) is 9.90 Å². The van der Waals surface area contributed by atoms with E-state index in [4.69, 9.17) is 5.73 Å². The van der Waals surface area contributed by atoms with E-state index in [1.807, 2.05) is 38.1 Å². The van der Waals surface area contributed by atoms with Crippen molar-refractivity contribution >= 4 is 11.6 Å². The van der Waals surface area contributed by atoms with Crippen molar-refractivity contribution in [2.45, 2.75) is 32.3 Å². The van der Waals surface area contributed by atoms with Crippen LogP contribution in [0.15, 0.2) is 24.3 Å². The van der Waals surface area contributed by atoms with E-state index in [1.54, 1.807) is 4.90 Å². The van der Waals surface area contributed by atoms with E-state index in [-0.39, 0.29) is 11.8 Å². The number of hydrogen-bond donors (Lipinski definition) is 2. The van der Waals surface area contributed by atoms with Gasteiger partial charge in [0.05, 0.1) is 13.1 Å². The van der Waals surface area contributed by atoms with E-state index in [0.29, 0.717) is 25.9 Å². The molecule has 1 saturated heterocycles. The molecule has 0 atom stereocenters. The fourth-order valence-corrected chi connectivity index (χ4v) is 2.32. The van der Waals surface area contributed by atoms with Crippen LogP contribution in [0.2, 0.25) is 0 Å². The van der Waals surface area contributed by atoms with Gasteiger partial charge < -0.3 is 15.7 Å². The second-order valence-electron chi connectivity index (χ2n) is 5.71. The molecule has 0 aromatic heterocycles. The highest BCUT2D eigenvalue weighted by Crippen LogP contribution is 2.29. The SMILES string of the molecule is CC(C)C1(O)CN(C(=O)CCc2ccccc2N)C1. The largest absolute Gasteiger partial charge is 0.399 e. The number of nitrogens with two attached hydrogens (primary N) is 1. The summed E-state index contributed by atoms with van der Waals surface area (Å²) in [6, 6.07) is 7.61. The number of hydrogen-bond acceptors (Lipinski definition) is 3. The minimum atomic E-state index is -0.693. The van der Waals surface area contributed by atoms with Gasteiger partial charge in [-0.05, 0) is 24.0 Å². The third kappa shape index (κ3) is 2.89. The second kappa shape index (κ2) is 5.21. The second-order valence-corrected chi connectivity index (χ2v) is 5.71. The molecule has 1 aromatic rings. The number of likely N-dealkylation sites (tertiary alicyclic amines) is 1. The van der Waals surface area contributed by atoms with Gasteiger partial charge in [0.1, 0.15) is 5.60 Å². The number of nitrogens with zero attached hydrogens (tertiary/aromatic N) is 1. The molecule has 2 rings (SSSR count). The first-order valence-electron chi connectivity index (χ1n) is 6.76. The van der Waals surface area contributed by atoms with Crippen molar-refractivity contribution in [2.75, 3.05) is 18.8 Å². The number of aliphatic hydroxyl groups is 1. The lowest BCUT2D eigenvalue weighted by atomic mass is 9.83.